The first-order chi connectivity index (χ1) is 8.25. The van der Waals surface area contributed by atoms with Crippen LogP contribution in [0.15, 0.2) is 30.7 Å². The van der Waals surface area contributed by atoms with E-state index in [1.807, 2.05) is 36.4 Å². The first-order valence-corrected chi connectivity index (χ1v) is 5.84. The van der Waals surface area contributed by atoms with Crippen molar-refractivity contribution >= 4 is 0 Å². The Bertz CT molecular complexity index is 476. The summed E-state index contributed by atoms with van der Waals surface area (Å²) in [6, 6.07) is 4.06. The predicted molar refractivity (Wildman–Crippen MR) is 67.6 cm³/mol. The molecule has 2 rings (SSSR count). The zero-order valence-corrected chi connectivity index (χ0v) is 10.3. The van der Waals surface area contributed by atoms with Crippen molar-refractivity contribution in [1.29, 1.82) is 0 Å². The summed E-state index contributed by atoms with van der Waals surface area (Å²) in [6.07, 6.45) is 6.80. The van der Waals surface area contributed by atoms with Crippen LogP contribution in [0.1, 0.15) is 16.8 Å². The van der Waals surface area contributed by atoms with Gasteiger partial charge in [-0.05, 0) is 37.1 Å². The summed E-state index contributed by atoms with van der Waals surface area (Å²) in [4.78, 5) is 4.35. The van der Waals surface area contributed by atoms with Crippen molar-refractivity contribution < 1.29 is 0 Å². The third-order valence-corrected chi connectivity index (χ3v) is 2.76. The average Bonchev–Trinajstić information content (AvgIpc) is 2.73. The van der Waals surface area contributed by atoms with Crippen LogP contribution in [-0.2, 0) is 20.0 Å². The van der Waals surface area contributed by atoms with E-state index in [0.717, 1.165) is 25.2 Å². The summed E-state index contributed by atoms with van der Waals surface area (Å²) in [5.74, 6) is 0. The smallest absolute Gasteiger partial charge is 0.0570 e. The number of nitrogens with zero attached hydrogens (tertiary/aromatic N) is 3. The van der Waals surface area contributed by atoms with Gasteiger partial charge in [0.2, 0.25) is 0 Å². The third-order valence-electron chi connectivity index (χ3n) is 2.76. The van der Waals surface area contributed by atoms with E-state index < -0.39 is 0 Å². The normalized spacial score (nSPS) is 10.7. The third kappa shape index (κ3) is 3.39. The van der Waals surface area contributed by atoms with Gasteiger partial charge in [0.1, 0.15) is 0 Å². The Balaban J connectivity index is 1.75. The van der Waals surface area contributed by atoms with E-state index in [0.29, 0.717) is 0 Å². The van der Waals surface area contributed by atoms with E-state index in [9.17, 15) is 0 Å². The van der Waals surface area contributed by atoms with E-state index in [4.69, 9.17) is 0 Å². The second-order valence-electron chi connectivity index (χ2n) is 4.22. The van der Waals surface area contributed by atoms with Crippen LogP contribution in [0.2, 0.25) is 0 Å². The van der Waals surface area contributed by atoms with Crippen molar-refractivity contribution in [1.82, 2.24) is 20.1 Å². The molecule has 17 heavy (non-hydrogen) atoms. The van der Waals surface area contributed by atoms with E-state index in [1.165, 1.54) is 11.1 Å². The molecule has 0 amide bonds. The first kappa shape index (κ1) is 11.8. The standard InChI is InChI=1S/C13H18N4/c1-11-4-3-6-15-13(11)9-14-7-5-12-8-16-17(2)10-12/h3-4,6,8,10,14H,5,7,9H2,1-2H3. The number of nitrogens with one attached hydrogen (secondary N) is 1. The number of pyridine rings is 1. The lowest BCUT2D eigenvalue weighted by Gasteiger charge is -2.05. The molecule has 0 atom stereocenters. The minimum absolute atomic E-state index is 0.826. The van der Waals surface area contributed by atoms with Gasteiger partial charge in [-0.3, -0.25) is 9.67 Å². The highest BCUT2D eigenvalue weighted by Gasteiger charge is 1.99. The molecule has 0 radical (unpaired) electrons. The van der Waals surface area contributed by atoms with Crippen molar-refractivity contribution in [3.63, 3.8) is 0 Å². The summed E-state index contributed by atoms with van der Waals surface area (Å²) in [5, 5.41) is 7.54. The van der Waals surface area contributed by atoms with Crippen LogP contribution in [0.4, 0.5) is 0 Å². The minimum Gasteiger partial charge on any atom is -0.311 e. The lowest BCUT2D eigenvalue weighted by Crippen LogP contribution is -2.17. The fourth-order valence-corrected chi connectivity index (χ4v) is 1.74. The lowest BCUT2D eigenvalue weighted by atomic mass is 10.2. The fraction of sp³-hybridized carbons (Fsp3) is 0.385. The second-order valence-corrected chi connectivity index (χ2v) is 4.22. The van der Waals surface area contributed by atoms with E-state index in [-0.39, 0.29) is 0 Å². The van der Waals surface area contributed by atoms with Crippen LogP contribution in [0.3, 0.4) is 0 Å². The van der Waals surface area contributed by atoms with Crippen LogP contribution < -0.4 is 5.32 Å². The molecular formula is C13H18N4. The number of aromatic nitrogens is 3. The first-order valence-electron chi connectivity index (χ1n) is 5.84. The van der Waals surface area contributed by atoms with E-state index >= 15 is 0 Å². The van der Waals surface area contributed by atoms with Crippen LogP contribution in [-0.4, -0.2) is 21.3 Å². The van der Waals surface area contributed by atoms with E-state index in [2.05, 4.69) is 28.4 Å². The Kier molecular flexibility index (Phi) is 3.88. The summed E-state index contributed by atoms with van der Waals surface area (Å²) >= 11 is 0. The molecule has 0 aliphatic heterocycles. The summed E-state index contributed by atoms with van der Waals surface area (Å²) in [6.45, 7) is 3.86. The Morgan fingerprint density at radius 3 is 3.00 bits per heavy atom. The molecule has 2 aromatic heterocycles. The Hall–Kier alpha value is -1.68. The quantitative estimate of drug-likeness (QED) is 0.791. The number of aryl methyl sites for hydroxylation is 2. The molecule has 0 fully saturated rings. The molecule has 0 saturated heterocycles. The van der Waals surface area contributed by atoms with Gasteiger partial charge >= 0.3 is 0 Å². The SMILES string of the molecule is Cc1cccnc1CNCCc1cnn(C)c1. The zero-order valence-electron chi connectivity index (χ0n) is 10.3. The largest absolute Gasteiger partial charge is 0.311 e. The molecule has 4 nitrogen and oxygen atoms in total. The highest BCUT2D eigenvalue weighted by atomic mass is 15.2. The Labute approximate surface area is 102 Å². The van der Waals surface area contributed by atoms with Gasteiger partial charge in [-0.1, -0.05) is 6.07 Å². The van der Waals surface area contributed by atoms with Gasteiger partial charge in [0.05, 0.1) is 11.9 Å². The van der Waals surface area contributed by atoms with Crippen LogP contribution >= 0.6 is 0 Å². The van der Waals surface area contributed by atoms with Gasteiger partial charge < -0.3 is 5.32 Å². The maximum atomic E-state index is 4.35. The maximum Gasteiger partial charge on any atom is 0.0570 e. The van der Waals surface area contributed by atoms with Gasteiger partial charge in [0.25, 0.3) is 0 Å². The van der Waals surface area contributed by atoms with E-state index in [1.54, 1.807) is 0 Å². The molecule has 1 N–H and O–H groups in total. The molecular weight excluding hydrogens is 212 g/mol. The van der Waals surface area contributed by atoms with Gasteiger partial charge in [-0.15, -0.1) is 0 Å². The number of rotatable bonds is 5. The van der Waals surface area contributed by atoms with Crippen LogP contribution in [0.5, 0.6) is 0 Å². The molecule has 0 aliphatic rings. The van der Waals surface area contributed by atoms with Crippen LogP contribution in [0, 0.1) is 6.92 Å². The Morgan fingerprint density at radius 1 is 1.41 bits per heavy atom. The van der Waals surface area contributed by atoms with Crippen molar-refractivity contribution in [2.45, 2.75) is 19.9 Å². The minimum atomic E-state index is 0.826. The molecule has 4 heteroatoms. The number of hydrogen-bond acceptors (Lipinski definition) is 3. The van der Waals surface area contributed by atoms with Gasteiger partial charge in [0, 0.05) is 26.0 Å². The molecule has 0 bridgehead atoms. The maximum absolute atomic E-state index is 4.35. The highest BCUT2D eigenvalue weighted by Crippen LogP contribution is 2.02. The van der Waals surface area contributed by atoms with Crippen molar-refractivity contribution in [3.8, 4) is 0 Å². The van der Waals surface area contributed by atoms with Gasteiger partial charge in [-0.25, -0.2) is 0 Å². The number of hydrogen-bond donors (Lipinski definition) is 1. The van der Waals surface area contributed by atoms with Crippen molar-refractivity contribution in [3.05, 3.63) is 47.5 Å². The molecule has 0 aliphatic carbocycles. The molecule has 0 spiro atoms. The van der Waals surface area contributed by atoms with Gasteiger partial charge in [-0.2, -0.15) is 5.10 Å². The zero-order chi connectivity index (χ0) is 12.1. The van der Waals surface area contributed by atoms with Crippen molar-refractivity contribution in [2.24, 2.45) is 7.05 Å². The van der Waals surface area contributed by atoms with Crippen molar-refractivity contribution in [2.75, 3.05) is 6.54 Å². The fourth-order valence-electron chi connectivity index (χ4n) is 1.74. The Morgan fingerprint density at radius 2 is 2.29 bits per heavy atom. The summed E-state index contributed by atoms with van der Waals surface area (Å²) in [7, 11) is 1.94. The topological polar surface area (TPSA) is 42.7 Å². The summed E-state index contributed by atoms with van der Waals surface area (Å²) < 4.78 is 1.83. The molecule has 90 valence electrons. The lowest BCUT2D eigenvalue weighted by molar-refractivity contribution is 0.671. The predicted octanol–water partition coefficient (Wildman–Crippen LogP) is 1.46. The van der Waals surface area contributed by atoms with Gasteiger partial charge in [0.15, 0.2) is 0 Å². The molecule has 0 aromatic carbocycles. The molecule has 2 heterocycles. The molecule has 0 saturated carbocycles. The highest BCUT2D eigenvalue weighted by molar-refractivity contribution is 5.17. The second kappa shape index (κ2) is 5.59. The van der Waals surface area contributed by atoms with Crippen LogP contribution in [0.25, 0.3) is 0 Å². The molecule has 2 aromatic rings. The summed E-state index contributed by atoms with van der Waals surface area (Å²) in [5.41, 5.74) is 3.62. The average molecular weight is 230 g/mol. The monoisotopic (exact) mass is 230 g/mol. The molecule has 0 unspecified atom stereocenters.